The predicted molar refractivity (Wildman–Crippen MR) is 125 cm³/mol. The second-order valence-electron chi connectivity index (χ2n) is 9.15. The van der Waals surface area contributed by atoms with Gasteiger partial charge in [-0.25, -0.2) is 0 Å². The fourth-order valence-electron chi connectivity index (χ4n) is 5.49. The van der Waals surface area contributed by atoms with Crippen molar-refractivity contribution in [1.82, 2.24) is 9.80 Å². The quantitative estimate of drug-likeness (QED) is 0.620. The molecule has 1 unspecified atom stereocenters. The van der Waals surface area contributed by atoms with Gasteiger partial charge in [-0.1, -0.05) is 83.9 Å². The Bertz CT molecular complexity index is 1080. The summed E-state index contributed by atoms with van der Waals surface area (Å²) in [6.45, 7) is 9.00. The number of ketones is 1. The molecule has 2 aliphatic rings. The minimum atomic E-state index is -0.584. The Balaban J connectivity index is 1.46. The molecule has 0 N–H and O–H groups in total. The second kappa shape index (κ2) is 8.07. The van der Waals surface area contributed by atoms with Gasteiger partial charge < -0.3 is 0 Å². The predicted octanol–water partition coefficient (Wildman–Crippen LogP) is 4.76. The summed E-state index contributed by atoms with van der Waals surface area (Å²) in [6.07, 6.45) is 0.767. The van der Waals surface area contributed by atoms with Crippen LogP contribution >= 0.6 is 0 Å². The Labute approximate surface area is 185 Å². The number of fused-ring (bicyclic) bond motifs is 1. The molecule has 0 radical (unpaired) electrons. The average Bonchev–Trinajstić information content (AvgIpc) is 3.08. The molecule has 1 saturated heterocycles. The summed E-state index contributed by atoms with van der Waals surface area (Å²) in [7, 11) is 0. The van der Waals surface area contributed by atoms with Crippen molar-refractivity contribution < 1.29 is 4.79 Å². The molecule has 3 heteroatoms. The van der Waals surface area contributed by atoms with Gasteiger partial charge in [0.15, 0.2) is 5.78 Å². The van der Waals surface area contributed by atoms with E-state index in [0.717, 1.165) is 50.3 Å². The van der Waals surface area contributed by atoms with Gasteiger partial charge in [0.05, 0.1) is 0 Å². The summed E-state index contributed by atoms with van der Waals surface area (Å²) in [5.41, 5.74) is 6.44. The van der Waals surface area contributed by atoms with Crippen molar-refractivity contribution in [3.8, 4) is 0 Å². The Morgan fingerprint density at radius 3 is 2.13 bits per heavy atom. The molecular formula is C28H30N2O. The van der Waals surface area contributed by atoms with Crippen molar-refractivity contribution in [2.75, 3.05) is 26.2 Å². The summed E-state index contributed by atoms with van der Waals surface area (Å²) in [5, 5.41) is 0. The van der Waals surface area contributed by atoms with E-state index >= 15 is 0 Å². The SMILES string of the molecule is Cc1cc(C)cc(C2(N3CCN(Cc4ccccc4)CC3)Cc3ccccc3C2=O)c1. The highest BCUT2D eigenvalue weighted by Gasteiger charge is 2.51. The van der Waals surface area contributed by atoms with Crippen LogP contribution in [0.15, 0.2) is 72.8 Å². The molecule has 5 rings (SSSR count). The summed E-state index contributed by atoms with van der Waals surface area (Å²) in [6, 6.07) is 25.5. The molecule has 158 valence electrons. The maximum Gasteiger partial charge on any atom is 0.188 e. The van der Waals surface area contributed by atoms with E-state index in [2.05, 4.69) is 84.3 Å². The molecule has 1 aliphatic carbocycles. The number of hydrogen-bond acceptors (Lipinski definition) is 3. The minimum Gasteiger partial charge on any atom is -0.297 e. The molecule has 3 nitrogen and oxygen atoms in total. The van der Waals surface area contributed by atoms with Gasteiger partial charge in [0, 0.05) is 44.7 Å². The Kier molecular flexibility index (Phi) is 5.25. The zero-order valence-electron chi connectivity index (χ0n) is 18.5. The third-order valence-corrected chi connectivity index (χ3v) is 6.94. The van der Waals surface area contributed by atoms with Gasteiger partial charge in [-0.15, -0.1) is 0 Å². The second-order valence-corrected chi connectivity index (χ2v) is 9.15. The lowest BCUT2D eigenvalue weighted by Crippen LogP contribution is -2.58. The first-order valence-corrected chi connectivity index (χ1v) is 11.3. The zero-order valence-corrected chi connectivity index (χ0v) is 18.5. The van der Waals surface area contributed by atoms with Crippen molar-refractivity contribution in [2.45, 2.75) is 32.4 Å². The van der Waals surface area contributed by atoms with Crippen molar-refractivity contribution in [3.63, 3.8) is 0 Å². The smallest absolute Gasteiger partial charge is 0.188 e. The summed E-state index contributed by atoms with van der Waals surface area (Å²) in [4.78, 5) is 18.9. The largest absolute Gasteiger partial charge is 0.297 e. The molecule has 31 heavy (non-hydrogen) atoms. The van der Waals surface area contributed by atoms with Crippen LogP contribution in [-0.4, -0.2) is 41.8 Å². The molecular weight excluding hydrogens is 380 g/mol. The Morgan fingerprint density at radius 1 is 0.806 bits per heavy atom. The highest BCUT2D eigenvalue weighted by Crippen LogP contribution is 2.43. The van der Waals surface area contributed by atoms with E-state index in [4.69, 9.17) is 0 Å². The van der Waals surface area contributed by atoms with Crippen LogP contribution in [0.25, 0.3) is 0 Å². The molecule has 0 aromatic heterocycles. The normalized spacial score (nSPS) is 21.9. The first-order chi connectivity index (χ1) is 15.1. The lowest BCUT2D eigenvalue weighted by Gasteiger charge is -2.45. The first-order valence-electron chi connectivity index (χ1n) is 11.3. The number of Topliss-reactive ketones (excluding diaryl/α,β-unsaturated/α-hetero) is 1. The van der Waals surface area contributed by atoms with Gasteiger partial charge in [0.25, 0.3) is 0 Å². The van der Waals surface area contributed by atoms with E-state index in [1.807, 2.05) is 12.1 Å². The minimum absolute atomic E-state index is 0.268. The summed E-state index contributed by atoms with van der Waals surface area (Å²) >= 11 is 0. The van der Waals surface area contributed by atoms with Crippen LogP contribution in [0.1, 0.15) is 38.2 Å². The van der Waals surface area contributed by atoms with Gasteiger partial charge in [-0.3, -0.25) is 14.6 Å². The molecule has 0 saturated carbocycles. The monoisotopic (exact) mass is 410 g/mol. The molecule has 1 atom stereocenters. The van der Waals surface area contributed by atoms with Crippen LogP contribution < -0.4 is 0 Å². The Morgan fingerprint density at radius 2 is 1.45 bits per heavy atom. The average molecular weight is 411 g/mol. The molecule has 1 fully saturated rings. The van der Waals surface area contributed by atoms with Crippen LogP contribution in [0.2, 0.25) is 0 Å². The lowest BCUT2D eigenvalue weighted by molar-refractivity contribution is 0.0288. The zero-order chi connectivity index (χ0) is 21.4. The highest BCUT2D eigenvalue weighted by atomic mass is 16.1. The topological polar surface area (TPSA) is 23.6 Å². The summed E-state index contributed by atoms with van der Waals surface area (Å²) in [5.74, 6) is 0.268. The molecule has 0 amide bonds. The van der Waals surface area contributed by atoms with E-state index in [0.29, 0.717) is 0 Å². The summed E-state index contributed by atoms with van der Waals surface area (Å²) < 4.78 is 0. The maximum atomic E-state index is 14.0. The van der Waals surface area contributed by atoms with E-state index in [1.165, 1.54) is 22.3 Å². The van der Waals surface area contributed by atoms with E-state index in [9.17, 15) is 4.79 Å². The number of carbonyl (C=O) groups is 1. The fourth-order valence-corrected chi connectivity index (χ4v) is 5.49. The van der Waals surface area contributed by atoms with Crippen LogP contribution in [-0.2, 0) is 18.5 Å². The van der Waals surface area contributed by atoms with Gasteiger partial charge in [0.1, 0.15) is 5.54 Å². The van der Waals surface area contributed by atoms with E-state index < -0.39 is 5.54 Å². The third kappa shape index (κ3) is 3.62. The van der Waals surface area contributed by atoms with Crippen LogP contribution in [0, 0.1) is 13.8 Å². The van der Waals surface area contributed by atoms with Crippen molar-refractivity contribution >= 4 is 5.78 Å². The lowest BCUT2D eigenvalue weighted by atomic mass is 9.82. The third-order valence-electron chi connectivity index (χ3n) is 6.94. The molecule has 3 aromatic rings. The number of aryl methyl sites for hydroxylation is 2. The van der Waals surface area contributed by atoms with Gasteiger partial charge >= 0.3 is 0 Å². The molecule has 0 bridgehead atoms. The van der Waals surface area contributed by atoms with Gasteiger partial charge in [-0.05, 0) is 30.5 Å². The molecule has 3 aromatic carbocycles. The first kappa shape index (κ1) is 20.2. The van der Waals surface area contributed by atoms with Crippen LogP contribution in [0.4, 0.5) is 0 Å². The number of hydrogen-bond donors (Lipinski definition) is 0. The van der Waals surface area contributed by atoms with Crippen molar-refractivity contribution in [2.24, 2.45) is 0 Å². The molecule has 0 spiro atoms. The van der Waals surface area contributed by atoms with E-state index in [-0.39, 0.29) is 5.78 Å². The highest BCUT2D eigenvalue weighted by molar-refractivity contribution is 6.08. The number of carbonyl (C=O) groups excluding carboxylic acids is 1. The standard InChI is InChI=1S/C28H30N2O/c1-21-16-22(2)18-25(17-21)28(19-24-10-6-7-11-26(24)27(28)31)30-14-12-29(13-15-30)20-23-8-4-3-5-9-23/h3-11,16-18H,12-15,19-20H2,1-2H3. The number of benzene rings is 3. The number of nitrogens with zero attached hydrogens (tertiary/aromatic N) is 2. The van der Waals surface area contributed by atoms with Crippen LogP contribution in [0.5, 0.6) is 0 Å². The van der Waals surface area contributed by atoms with Crippen molar-refractivity contribution in [1.29, 1.82) is 0 Å². The van der Waals surface area contributed by atoms with Gasteiger partial charge in [-0.2, -0.15) is 0 Å². The van der Waals surface area contributed by atoms with Gasteiger partial charge in [0.2, 0.25) is 0 Å². The molecule has 1 heterocycles. The maximum absolute atomic E-state index is 14.0. The Hall–Kier alpha value is -2.75. The number of piperazine rings is 1. The van der Waals surface area contributed by atoms with Crippen LogP contribution in [0.3, 0.4) is 0 Å². The van der Waals surface area contributed by atoms with E-state index in [1.54, 1.807) is 0 Å². The molecule has 1 aliphatic heterocycles. The van der Waals surface area contributed by atoms with Crippen molar-refractivity contribution in [3.05, 3.63) is 106 Å². The fraction of sp³-hybridized carbons (Fsp3) is 0.321. The number of rotatable bonds is 4.